The van der Waals surface area contributed by atoms with E-state index in [1.54, 1.807) is 0 Å². The Kier molecular flexibility index (Phi) is 3.12. The summed E-state index contributed by atoms with van der Waals surface area (Å²) in [5, 5.41) is 3.23. The molecule has 2 aliphatic rings. The Morgan fingerprint density at radius 2 is 2.18 bits per heavy atom. The van der Waals surface area contributed by atoms with Crippen molar-refractivity contribution in [1.82, 2.24) is 10.2 Å². The minimum absolute atomic E-state index is 0.0391. The predicted octanol–water partition coefficient (Wildman–Crippen LogP) is 0.291. The Morgan fingerprint density at radius 3 is 2.71 bits per heavy atom. The van der Waals surface area contributed by atoms with Crippen LogP contribution >= 0.6 is 0 Å². The number of amides is 1. The first-order valence-corrected chi connectivity index (χ1v) is 6.08. The zero-order valence-corrected chi connectivity index (χ0v) is 10.7. The molecular weight excluding hydrogens is 220 g/mol. The molecule has 0 aromatic rings. The zero-order chi connectivity index (χ0) is 12.6. The van der Waals surface area contributed by atoms with Crippen molar-refractivity contribution in [1.29, 1.82) is 0 Å². The molecule has 0 radical (unpaired) electrons. The largest absolute Gasteiger partial charge is 0.469 e. The lowest BCUT2D eigenvalue weighted by Gasteiger charge is -2.43. The molecule has 1 N–H and O–H groups in total. The van der Waals surface area contributed by atoms with Crippen LogP contribution in [-0.4, -0.2) is 48.1 Å². The Hall–Kier alpha value is -1.10. The molecule has 0 spiro atoms. The fourth-order valence-electron chi connectivity index (χ4n) is 2.37. The van der Waals surface area contributed by atoms with E-state index in [9.17, 15) is 9.59 Å². The van der Waals surface area contributed by atoms with E-state index < -0.39 is 6.04 Å². The third kappa shape index (κ3) is 2.77. The summed E-state index contributed by atoms with van der Waals surface area (Å²) in [4.78, 5) is 25.4. The molecule has 1 unspecified atom stereocenters. The van der Waals surface area contributed by atoms with Crippen LogP contribution in [0.1, 0.15) is 33.1 Å². The van der Waals surface area contributed by atoms with Gasteiger partial charge in [-0.05, 0) is 26.7 Å². The summed E-state index contributed by atoms with van der Waals surface area (Å²) in [6, 6.07) is -0.0455. The molecule has 1 heterocycles. The standard InChI is InChI=1S/C12H20N2O3/c1-12(2)7-14(8-4-5-8)11(16)9(13-12)6-10(15)17-3/h8-9,13H,4-7H2,1-3H3. The first-order valence-electron chi connectivity index (χ1n) is 6.08. The molecule has 0 bridgehead atoms. The molecular formula is C12H20N2O3. The lowest BCUT2D eigenvalue weighted by Crippen LogP contribution is -2.65. The minimum atomic E-state index is -0.438. The van der Waals surface area contributed by atoms with E-state index in [1.165, 1.54) is 7.11 Å². The van der Waals surface area contributed by atoms with E-state index in [2.05, 4.69) is 23.9 Å². The smallest absolute Gasteiger partial charge is 0.307 e. The van der Waals surface area contributed by atoms with E-state index >= 15 is 0 Å². The van der Waals surface area contributed by atoms with Gasteiger partial charge in [0.15, 0.2) is 0 Å². The van der Waals surface area contributed by atoms with Gasteiger partial charge < -0.3 is 9.64 Å². The fourth-order valence-corrected chi connectivity index (χ4v) is 2.37. The molecule has 1 saturated carbocycles. The number of esters is 1. The molecule has 96 valence electrons. The van der Waals surface area contributed by atoms with Gasteiger partial charge in [0, 0.05) is 18.1 Å². The van der Waals surface area contributed by atoms with Crippen molar-refractivity contribution in [2.75, 3.05) is 13.7 Å². The number of hydrogen-bond donors (Lipinski definition) is 1. The molecule has 1 aliphatic heterocycles. The number of nitrogens with zero attached hydrogens (tertiary/aromatic N) is 1. The number of rotatable bonds is 3. The average molecular weight is 240 g/mol. The van der Waals surface area contributed by atoms with Crippen LogP contribution in [0.4, 0.5) is 0 Å². The molecule has 2 rings (SSSR count). The van der Waals surface area contributed by atoms with Crippen molar-refractivity contribution in [3.63, 3.8) is 0 Å². The van der Waals surface area contributed by atoms with Gasteiger partial charge in [0.1, 0.15) is 0 Å². The van der Waals surface area contributed by atoms with Gasteiger partial charge in [-0.15, -0.1) is 0 Å². The average Bonchev–Trinajstić information content (AvgIpc) is 3.06. The number of methoxy groups -OCH3 is 1. The number of carbonyl (C=O) groups is 2. The SMILES string of the molecule is COC(=O)CC1NC(C)(C)CN(C2CC2)C1=O. The van der Waals surface area contributed by atoms with Crippen LogP contribution in [0.3, 0.4) is 0 Å². The van der Waals surface area contributed by atoms with Gasteiger partial charge in [-0.25, -0.2) is 0 Å². The Labute approximate surface area is 101 Å². The normalized spacial score (nSPS) is 28.1. The van der Waals surface area contributed by atoms with Gasteiger partial charge in [-0.3, -0.25) is 14.9 Å². The molecule has 1 saturated heterocycles. The van der Waals surface area contributed by atoms with Crippen LogP contribution in [0.15, 0.2) is 0 Å². The summed E-state index contributed by atoms with van der Waals surface area (Å²) >= 11 is 0. The van der Waals surface area contributed by atoms with Crippen LogP contribution in [0, 0.1) is 0 Å². The van der Waals surface area contributed by atoms with Crippen LogP contribution < -0.4 is 5.32 Å². The highest BCUT2D eigenvalue weighted by Crippen LogP contribution is 2.31. The first-order chi connectivity index (χ1) is 7.93. The predicted molar refractivity (Wildman–Crippen MR) is 62.4 cm³/mol. The second-order valence-corrected chi connectivity index (χ2v) is 5.56. The number of carbonyl (C=O) groups excluding carboxylic acids is 2. The van der Waals surface area contributed by atoms with Crippen molar-refractivity contribution in [3.8, 4) is 0 Å². The minimum Gasteiger partial charge on any atom is -0.469 e. The molecule has 17 heavy (non-hydrogen) atoms. The molecule has 1 amide bonds. The molecule has 0 aromatic carbocycles. The summed E-state index contributed by atoms with van der Waals surface area (Å²) < 4.78 is 4.63. The topological polar surface area (TPSA) is 58.6 Å². The molecule has 1 atom stereocenters. The number of ether oxygens (including phenoxy) is 1. The highest BCUT2D eigenvalue weighted by atomic mass is 16.5. The summed E-state index contributed by atoms with van der Waals surface area (Å²) in [6.45, 7) is 4.83. The second kappa shape index (κ2) is 4.29. The summed E-state index contributed by atoms with van der Waals surface area (Å²) in [6.07, 6.45) is 2.29. The van der Waals surface area contributed by atoms with Gasteiger partial charge >= 0.3 is 5.97 Å². The van der Waals surface area contributed by atoms with E-state index in [1.807, 2.05) is 4.90 Å². The monoisotopic (exact) mass is 240 g/mol. The third-order valence-corrected chi connectivity index (χ3v) is 3.30. The van der Waals surface area contributed by atoms with Crippen LogP contribution in [0.2, 0.25) is 0 Å². The van der Waals surface area contributed by atoms with E-state index in [0.29, 0.717) is 12.6 Å². The summed E-state index contributed by atoms with van der Waals surface area (Å²) in [7, 11) is 1.35. The number of nitrogens with one attached hydrogen (secondary N) is 1. The molecule has 5 heteroatoms. The van der Waals surface area contributed by atoms with Gasteiger partial charge in [0.25, 0.3) is 0 Å². The number of hydrogen-bond acceptors (Lipinski definition) is 4. The van der Waals surface area contributed by atoms with E-state index in [4.69, 9.17) is 0 Å². The van der Waals surface area contributed by atoms with Crippen molar-refractivity contribution in [3.05, 3.63) is 0 Å². The van der Waals surface area contributed by atoms with Crippen molar-refractivity contribution >= 4 is 11.9 Å². The lowest BCUT2D eigenvalue weighted by atomic mass is 9.96. The Balaban J connectivity index is 2.08. The van der Waals surface area contributed by atoms with Crippen LogP contribution in [0.25, 0.3) is 0 Å². The van der Waals surface area contributed by atoms with E-state index in [0.717, 1.165) is 12.8 Å². The van der Waals surface area contributed by atoms with Gasteiger partial charge in [0.05, 0.1) is 19.6 Å². The second-order valence-electron chi connectivity index (χ2n) is 5.56. The lowest BCUT2D eigenvalue weighted by molar-refractivity contribution is -0.148. The highest BCUT2D eigenvalue weighted by molar-refractivity contribution is 5.88. The summed E-state index contributed by atoms with van der Waals surface area (Å²) in [5.41, 5.74) is -0.144. The quantitative estimate of drug-likeness (QED) is 0.720. The maximum Gasteiger partial charge on any atom is 0.307 e. The molecule has 5 nitrogen and oxygen atoms in total. The first kappa shape index (κ1) is 12.4. The maximum absolute atomic E-state index is 12.2. The number of piperazine rings is 1. The molecule has 1 aliphatic carbocycles. The van der Waals surface area contributed by atoms with Crippen LogP contribution in [0.5, 0.6) is 0 Å². The molecule has 0 aromatic heterocycles. The third-order valence-electron chi connectivity index (χ3n) is 3.30. The van der Waals surface area contributed by atoms with Gasteiger partial charge in [-0.2, -0.15) is 0 Å². The van der Waals surface area contributed by atoms with Gasteiger partial charge in [-0.1, -0.05) is 0 Å². The zero-order valence-electron chi connectivity index (χ0n) is 10.7. The molecule has 2 fully saturated rings. The fraction of sp³-hybridized carbons (Fsp3) is 0.833. The van der Waals surface area contributed by atoms with Crippen molar-refractivity contribution in [2.45, 2.75) is 50.7 Å². The Bertz CT molecular complexity index is 337. The van der Waals surface area contributed by atoms with Crippen LogP contribution in [-0.2, 0) is 14.3 Å². The Morgan fingerprint density at radius 1 is 1.53 bits per heavy atom. The van der Waals surface area contributed by atoms with Crippen molar-refractivity contribution in [2.24, 2.45) is 0 Å². The van der Waals surface area contributed by atoms with Gasteiger partial charge in [0.2, 0.25) is 5.91 Å². The van der Waals surface area contributed by atoms with Crippen molar-refractivity contribution < 1.29 is 14.3 Å². The maximum atomic E-state index is 12.2. The highest BCUT2D eigenvalue weighted by Gasteiger charge is 2.44. The van der Waals surface area contributed by atoms with E-state index in [-0.39, 0.29) is 23.8 Å². The summed E-state index contributed by atoms with van der Waals surface area (Å²) in [5.74, 6) is -0.304.